The molecular formula is C21H15N3O4. The number of hydrogen-bond acceptors (Lipinski definition) is 5. The maximum Gasteiger partial charge on any atom is 0.336 e. The van der Waals surface area contributed by atoms with E-state index < -0.39 is 12.1 Å². The number of pyridine rings is 1. The van der Waals surface area contributed by atoms with Crippen LogP contribution in [0.2, 0.25) is 0 Å². The molecule has 0 saturated heterocycles. The molecule has 2 aromatic heterocycles. The smallest absolute Gasteiger partial charge is 0.336 e. The van der Waals surface area contributed by atoms with Gasteiger partial charge in [-0.1, -0.05) is 18.2 Å². The van der Waals surface area contributed by atoms with Gasteiger partial charge in [0, 0.05) is 17.1 Å². The summed E-state index contributed by atoms with van der Waals surface area (Å²) in [6.07, 6.45) is 2.97. The second-order valence-electron chi connectivity index (χ2n) is 6.48. The quantitative estimate of drug-likeness (QED) is 0.566. The van der Waals surface area contributed by atoms with E-state index in [1.165, 1.54) is 0 Å². The van der Waals surface area contributed by atoms with Gasteiger partial charge in [0.25, 0.3) is 0 Å². The summed E-state index contributed by atoms with van der Waals surface area (Å²) in [4.78, 5) is 16.6. The van der Waals surface area contributed by atoms with Crippen molar-refractivity contribution in [2.45, 2.75) is 6.10 Å². The summed E-state index contributed by atoms with van der Waals surface area (Å²) >= 11 is 0. The first-order valence-corrected chi connectivity index (χ1v) is 8.75. The molecule has 7 heteroatoms. The van der Waals surface area contributed by atoms with E-state index in [4.69, 9.17) is 9.47 Å². The van der Waals surface area contributed by atoms with E-state index in [1.807, 2.05) is 42.5 Å². The predicted molar refractivity (Wildman–Crippen MR) is 102 cm³/mol. The van der Waals surface area contributed by atoms with Gasteiger partial charge < -0.3 is 14.6 Å². The van der Waals surface area contributed by atoms with Gasteiger partial charge in [-0.3, -0.25) is 5.10 Å². The number of ether oxygens (including phenoxy) is 2. The molecule has 2 aromatic carbocycles. The van der Waals surface area contributed by atoms with Gasteiger partial charge in [0.15, 0.2) is 17.6 Å². The zero-order chi connectivity index (χ0) is 19.1. The lowest BCUT2D eigenvalue weighted by molar-refractivity contribution is 0.0696. The minimum absolute atomic E-state index is 0.174. The standard InChI is InChI=1S/C21H15N3O4/c25-21(26)15-8-17(20-11-27-18-3-1-2-4-19(18)28-20)24-16-6-5-12(7-14(15)16)13-9-22-23-10-13/h1-10,20H,11H2,(H,22,23)(H,25,26). The predicted octanol–water partition coefficient (Wildman–Crippen LogP) is 3.84. The fourth-order valence-electron chi connectivity index (χ4n) is 3.34. The lowest BCUT2D eigenvalue weighted by Gasteiger charge is -2.26. The SMILES string of the molecule is O=C(O)c1cc(C2COc3ccccc3O2)nc2ccc(-c3cn[nH]c3)cc12. The van der Waals surface area contributed by atoms with Gasteiger partial charge in [-0.25, -0.2) is 9.78 Å². The topological polar surface area (TPSA) is 97.3 Å². The lowest BCUT2D eigenvalue weighted by atomic mass is 10.0. The summed E-state index contributed by atoms with van der Waals surface area (Å²) in [6, 6.07) is 14.5. The number of nitrogens with zero attached hydrogens (tertiary/aromatic N) is 2. The summed E-state index contributed by atoms with van der Waals surface area (Å²) in [5.74, 6) is 0.269. The Hall–Kier alpha value is -3.87. The number of aromatic nitrogens is 3. The third-order valence-corrected chi connectivity index (χ3v) is 4.73. The maximum absolute atomic E-state index is 11.9. The van der Waals surface area contributed by atoms with Crippen LogP contribution in [0, 0.1) is 0 Å². The molecular weight excluding hydrogens is 358 g/mol. The molecule has 0 amide bonds. The van der Waals surface area contributed by atoms with Crippen molar-refractivity contribution >= 4 is 16.9 Å². The fourth-order valence-corrected chi connectivity index (χ4v) is 3.34. The summed E-state index contributed by atoms with van der Waals surface area (Å²) in [5, 5.41) is 17.0. The molecule has 0 bridgehead atoms. The molecule has 1 unspecified atom stereocenters. The number of H-pyrrole nitrogens is 1. The third-order valence-electron chi connectivity index (χ3n) is 4.73. The summed E-state index contributed by atoms with van der Waals surface area (Å²) in [6.45, 7) is 0.266. The Labute approximate surface area is 159 Å². The number of fused-ring (bicyclic) bond motifs is 2. The van der Waals surface area contributed by atoms with Crippen LogP contribution in [0.5, 0.6) is 11.5 Å². The van der Waals surface area contributed by atoms with Crippen LogP contribution in [0.3, 0.4) is 0 Å². The molecule has 0 fully saturated rings. The monoisotopic (exact) mass is 373 g/mol. The Balaban J connectivity index is 1.60. The zero-order valence-corrected chi connectivity index (χ0v) is 14.6. The van der Waals surface area contributed by atoms with Crippen molar-refractivity contribution in [3.63, 3.8) is 0 Å². The molecule has 4 aromatic rings. The largest absolute Gasteiger partial charge is 0.485 e. The van der Waals surface area contributed by atoms with Gasteiger partial charge >= 0.3 is 5.97 Å². The van der Waals surface area contributed by atoms with Crippen molar-refractivity contribution in [3.8, 4) is 22.6 Å². The van der Waals surface area contributed by atoms with Gasteiger partial charge in [0.1, 0.15) is 6.61 Å². The number of carboxylic acids is 1. The Morgan fingerprint density at radius 3 is 2.75 bits per heavy atom. The van der Waals surface area contributed by atoms with Crippen LogP contribution in [0.1, 0.15) is 22.2 Å². The highest BCUT2D eigenvalue weighted by atomic mass is 16.6. The highest BCUT2D eigenvalue weighted by Gasteiger charge is 2.25. The Morgan fingerprint density at radius 1 is 1.11 bits per heavy atom. The van der Waals surface area contributed by atoms with Crippen LogP contribution < -0.4 is 9.47 Å². The average molecular weight is 373 g/mol. The minimum Gasteiger partial charge on any atom is -0.485 e. The number of aromatic carboxylic acids is 1. The van der Waals surface area contributed by atoms with Crippen LogP contribution in [0.25, 0.3) is 22.0 Å². The first kappa shape index (κ1) is 16.3. The van der Waals surface area contributed by atoms with E-state index in [-0.39, 0.29) is 12.2 Å². The molecule has 2 N–H and O–H groups in total. The molecule has 0 radical (unpaired) electrons. The highest BCUT2D eigenvalue weighted by molar-refractivity contribution is 6.03. The number of carboxylic acid groups (broad SMARTS) is 1. The molecule has 5 rings (SSSR count). The summed E-state index contributed by atoms with van der Waals surface area (Å²) in [7, 11) is 0. The number of carbonyl (C=O) groups is 1. The van der Waals surface area contributed by atoms with Crippen molar-refractivity contribution < 1.29 is 19.4 Å². The van der Waals surface area contributed by atoms with Crippen molar-refractivity contribution in [2.24, 2.45) is 0 Å². The number of para-hydroxylation sites is 2. The Morgan fingerprint density at radius 2 is 1.96 bits per heavy atom. The zero-order valence-electron chi connectivity index (χ0n) is 14.6. The second kappa shape index (κ2) is 6.38. The van der Waals surface area contributed by atoms with E-state index in [0.29, 0.717) is 28.1 Å². The van der Waals surface area contributed by atoms with Crippen molar-refractivity contribution in [3.05, 3.63) is 72.2 Å². The molecule has 1 aliphatic heterocycles. The molecule has 0 saturated carbocycles. The highest BCUT2D eigenvalue weighted by Crippen LogP contribution is 2.36. The van der Waals surface area contributed by atoms with Gasteiger partial charge in [0.2, 0.25) is 0 Å². The average Bonchev–Trinajstić information content (AvgIpc) is 3.27. The number of aromatic amines is 1. The Kier molecular flexibility index (Phi) is 3.72. The van der Waals surface area contributed by atoms with Crippen LogP contribution in [-0.4, -0.2) is 32.9 Å². The van der Waals surface area contributed by atoms with E-state index >= 15 is 0 Å². The van der Waals surface area contributed by atoms with Crippen molar-refractivity contribution in [1.29, 1.82) is 0 Å². The number of hydrogen-bond donors (Lipinski definition) is 2. The van der Waals surface area contributed by atoms with E-state index in [2.05, 4.69) is 15.2 Å². The van der Waals surface area contributed by atoms with Gasteiger partial charge in [0.05, 0.1) is 23.0 Å². The summed E-state index contributed by atoms with van der Waals surface area (Å²) < 4.78 is 11.7. The molecule has 1 aliphatic rings. The molecule has 7 nitrogen and oxygen atoms in total. The van der Waals surface area contributed by atoms with Gasteiger partial charge in [-0.05, 0) is 35.9 Å². The maximum atomic E-state index is 11.9. The van der Waals surface area contributed by atoms with Gasteiger partial charge in [-0.2, -0.15) is 5.10 Å². The van der Waals surface area contributed by atoms with Crippen LogP contribution in [0.15, 0.2) is 60.9 Å². The summed E-state index contributed by atoms with van der Waals surface area (Å²) in [5.41, 5.74) is 3.03. The fraction of sp³-hybridized carbons (Fsp3) is 0.0952. The molecule has 138 valence electrons. The minimum atomic E-state index is -1.02. The number of benzene rings is 2. The molecule has 0 spiro atoms. The molecule has 1 atom stereocenters. The number of rotatable bonds is 3. The lowest BCUT2D eigenvalue weighted by Crippen LogP contribution is -2.23. The molecule has 0 aliphatic carbocycles. The van der Waals surface area contributed by atoms with E-state index in [1.54, 1.807) is 18.5 Å². The van der Waals surface area contributed by atoms with Gasteiger partial charge in [-0.15, -0.1) is 0 Å². The molecule has 3 heterocycles. The number of nitrogens with one attached hydrogen (secondary N) is 1. The Bertz CT molecular complexity index is 1190. The second-order valence-corrected chi connectivity index (χ2v) is 6.48. The van der Waals surface area contributed by atoms with Crippen molar-refractivity contribution in [1.82, 2.24) is 15.2 Å². The van der Waals surface area contributed by atoms with Crippen LogP contribution in [0.4, 0.5) is 0 Å². The first-order valence-electron chi connectivity index (χ1n) is 8.75. The van der Waals surface area contributed by atoms with Crippen LogP contribution in [-0.2, 0) is 0 Å². The molecule has 28 heavy (non-hydrogen) atoms. The third kappa shape index (κ3) is 2.73. The normalized spacial score (nSPS) is 15.5. The van der Waals surface area contributed by atoms with E-state index in [0.717, 1.165) is 11.1 Å². The van der Waals surface area contributed by atoms with Crippen LogP contribution >= 0.6 is 0 Å². The van der Waals surface area contributed by atoms with E-state index in [9.17, 15) is 9.90 Å². The first-order chi connectivity index (χ1) is 13.7. The van der Waals surface area contributed by atoms with Crippen molar-refractivity contribution in [2.75, 3.05) is 6.61 Å².